The number of benzene rings is 2. The fourth-order valence-corrected chi connectivity index (χ4v) is 4.27. The maximum atomic E-state index is 12.7. The molecule has 6 heteroatoms. The van der Waals surface area contributed by atoms with Gasteiger partial charge >= 0.3 is 5.97 Å². The van der Waals surface area contributed by atoms with Gasteiger partial charge in [0.1, 0.15) is 0 Å². The predicted molar refractivity (Wildman–Crippen MR) is 125 cm³/mol. The average molecular weight is 441 g/mol. The van der Waals surface area contributed by atoms with E-state index in [1.807, 2.05) is 48.7 Å². The molecule has 0 saturated heterocycles. The molecule has 0 N–H and O–H groups in total. The molecule has 3 aromatic rings. The topological polar surface area (TPSA) is 54.0 Å². The number of fused-ring (bicyclic) bond motifs is 1. The van der Waals surface area contributed by atoms with Crippen molar-refractivity contribution in [2.75, 3.05) is 27.6 Å². The van der Waals surface area contributed by atoms with Crippen LogP contribution in [0.25, 0.3) is 16.8 Å². The number of hydrogen-bond acceptors (Lipinski definition) is 6. The molecule has 0 fully saturated rings. The van der Waals surface area contributed by atoms with Crippen molar-refractivity contribution in [1.29, 1.82) is 0 Å². The van der Waals surface area contributed by atoms with Gasteiger partial charge in [-0.2, -0.15) is 0 Å². The van der Waals surface area contributed by atoms with Crippen molar-refractivity contribution in [1.82, 2.24) is 0 Å². The van der Waals surface area contributed by atoms with Crippen molar-refractivity contribution in [3.63, 3.8) is 0 Å². The van der Waals surface area contributed by atoms with Crippen LogP contribution < -0.4 is 9.47 Å². The molecule has 5 nitrogen and oxygen atoms in total. The highest BCUT2D eigenvalue weighted by molar-refractivity contribution is 7.09. The molecular formula is C25H28O5S. The number of carbonyl (C=O) groups is 1. The Kier molecular flexibility index (Phi) is 8.09. The number of ether oxygens (including phenoxy) is 4. The van der Waals surface area contributed by atoms with Gasteiger partial charge in [-0.1, -0.05) is 31.2 Å². The van der Waals surface area contributed by atoms with E-state index in [4.69, 9.17) is 18.9 Å². The summed E-state index contributed by atoms with van der Waals surface area (Å²) in [5, 5.41) is 3.96. The second-order valence-electron chi connectivity index (χ2n) is 6.89. The van der Waals surface area contributed by atoms with Crippen molar-refractivity contribution in [3.05, 3.63) is 63.4 Å². The molecule has 0 aliphatic carbocycles. The fraction of sp³-hybridized carbons (Fsp3) is 0.320. The second-order valence-corrected chi connectivity index (χ2v) is 7.92. The molecular weight excluding hydrogens is 412 g/mol. The van der Waals surface area contributed by atoms with Gasteiger partial charge in [-0.05, 0) is 53.4 Å². The molecule has 3 rings (SSSR count). The van der Waals surface area contributed by atoms with E-state index >= 15 is 0 Å². The molecule has 1 aromatic heterocycles. The highest BCUT2D eigenvalue weighted by Crippen LogP contribution is 2.41. The molecule has 31 heavy (non-hydrogen) atoms. The summed E-state index contributed by atoms with van der Waals surface area (Å²) >= 11 is 1.62. The quantitative estimate of drug-likeness (QED) is 0.232. The van der Waals surface area contributed by atoms with Crippen LogP contribution in [0.4, 0.5) is 0 Å². The molecule has 0 aliphatic heterocycles. The lowest BCUT2D eigenvalue weighted by Crippen LogP contribution is -2.09. The van der Waals surface area contributed by atoms with E-state index in [-0.39, 0.29) is 12.8 Å². The first-order chi connectivity index (χ1) is 15.1. The van der Waals surface area contributed by atoms with Crippen LogP contribution in [0, 0.1) is 0 Å². The number of esters is 1. The van der Waals surface area contributed by atoms with Crippen LogP contribution in [0.15, 0.2) is 47.4 Å². The summed E-state index contributed by atoms with van der Waals surface area (Å²) in [6.45, 7) is 4.36. The predicted octanol–water partition coefficient (Wildman–Crippen LogP) is 5.64. The van der Waals surface area contributed by atoms with E-state index in [2.05, 4.69) is 13.0 Å². The lowest BCUT2D eigenvalue weighted by molar-refractivity contribution is -0.138. The first kappa shape index (κ1) is 22.8. The molecule has 0 bridgehead atoms. The SMILES string of the molecule is CCOC(=O)/C(=C/c1cc(OC)c(OCOC)c2c(CC)cccc12)Cc1cccs1. The third-order valence-electron chi connectivity index (χ3n) is 4.93. The maximum Gasteiger partial charge on any atom is 0.334 e. The van der Waals surface area contributed by atoms with Gasteiger partial charge in [0.05, 0.1) is 13.7 Å². The first-order valence-electron chi connectivity index (χ1n) is 10.3. The normalized spacial score (nSPS) is 11.5. The summed E-state index contributed by atoms with van der Waals surface area (Å²) < 4.78 is 22.0. The van der Waals surface area contributed by atoms with Crippen molar-refractivity contribution >= 4 is 34.2 Å². The Morgan fingerprint density at radius 2 is 1.97 bits per heavy atom. The Labute approximate surface area is 187 Å². The lowest BCUT2D eigenvalue weighted by Gasteiger charge is -2.18. The third-order valence-corrected chi connectivity index (χ3v) is 5.81. The van der Waals surface area contributed by atoms with Gasteiger partial charge in [-0.15, -0.1) is 11.3 Å². The summed E-state index contributed by atoms with van der Waals surface area (Å²) in [5.41, 5.74) is 2.61. The monoisotopic (exact) mass is 440 g/mol. The van der Waals surface area contributed by atoms with Crippen LogP contribution in [-0.4, -0.2) is 33.6 Å². The van der Waals surface area contributed by atoms with Crippen LogP contribution in [0.3, 0.4) is 0 Å². The Hall–Kier alpha value is -2.83. The van der Waals surface area contributed by atoms with Gasteiger partial charge in [-0.3, -0.25) is 0 Å². The number of rotatable bonds is 10. The molecule has 0 radical (unpaired) electrons. The van der Waals surface area contributed by atoms with Crippen LogP contribution >= 0.6 is 11.3 Å². The zero-order chi connectivity index (χ0) is 22.2. The van der Waals surface area contributed by atoms with Crippen molar-refractivity contribution in [2.45, 2.75) is 26.7 Å². The largest absolute Gasteiger partial charge is 0.493 e. The molecule has 1 heterocycles. The minimum absolute atomic E-state index is 0.116. The van der Waals surface area contributed by atoms with Crippen LogP contribution in [0.5, 0.6) is 11.5 Å². The van der Waals surface area contributed by atoms with Gasteiger partial charge in [-0.25, -0.2) is 4.79 Å². The molecule has 2 aromatic carbocycles. The Morgan fingerprint density at radius 1 is 1.13 bits per heavy atom. The van der Waals surface area contributed by atoms with Crippen molar-refractivity contribution in [2.24, 2.45) is 0 Å². The van der Waals surface area contributed by atoms with E-state index in [1.165, 1.54) is 0 Å². The van der Waals surface area contributed by atoms with Crippen LogP contribution in [0.1, 0.15) is 29.9 Å². The number of thiophene rings is 1. The van der Waals surface area contributed by atoms with Gasteiger partial charge in [0.15, 0.2) is 18.3 Å². The van der Waals surface area contributed by atoms with E-state index in [0.717, 1.165) is 33.2 Å². The Bertz CT molecular complexity index is 1050. The molecule has 0 atom stereocenters. The first-order valence-corrected chi connectivity index (χ1v) is 11.1. The summed E-state index contributed by atoms with van der Waals surface area (Å²) in [7, 11) is 3.20. The van der Waals surface area contributed by atoms with Crippen LogP contribution in [0.2, 0.25) is 0 Å². The van der Waals surface area contributed by atoms with Gasteiger partial charge in [0.2, 0.25) is 0 Å². The molecule has 0 unspecified atom stereocenters. The van der Waals surface area contributed by atoms with E-state index < -0.39 is 0 Å². The van der Waals surface area contributed by atoms with Gasteiger partial charge < -0.3 is 18.9 Å². The summed E-state index contributed by atoms with van der Waals surface area (Å²) in [6.07, 6.45) is 3.24. The Balaban J connectivity index is 2.22. The molecule has 0 aliphatic rings. The number of methoxy groups -OCH3 is 2. The van der Waals surface area contributed by atoms with Gasteiger partial charge in [0.25, 0.3) is 0 Å². The summed E-state index contributed by atoms with van der Waals surface area (Å²) in [5.74, 6) is 0.926. The highest BCUT2D eigenvalue weighted by Gasteiger charge is 2.19. The molecule has 164 valence electrons. The summed E-state index contributed by atoms with van der Waals surface area (Å²) in [6, 6.07) is 12.0. The lowest BCUT2D eigenvalue weighted by atomic mass is 9.95. The van der Waals surface area contributed by atoms with Crippen molar-refractivity contribution in [3.8, 4) is 11.5 Å². The second kappa shape index (κ2) is 11.0. The van der Waals surface area contributed by atoms with E-state index in [0.29, 0.717) is 30.1 Å². The van der Waals surface area contributed by atoms with E-state index in [1.54, 1.807) is 25.6 Å². The molecule has 0 amide bonds. The molecule has 0 spiro atoms. The molecule has 0 saturated carbocycles. The number of hydrogen-bond donors (Lipinski definition) is 0. The number of carbonyl (C=O) groups excluding carboxylic acids is 1. The average Bonchev–Trinajstić information content (AvgIpc) is 3.30. The minimum atomic E-state index is -0.311. The number of aryl methyl sites for hydroxylation is 1. The smallest absolute Gasteiger partial charge is 0.334 e. The standard InChI is InChI=1S/C25H28O5S/c1-5-17-9-7-11-21-18(15-22(28-4)24(23(17)21)30-16-27-3)13-19(25(26)29-6-2)14-20-10-8-12-31-20/h7-13,15H,5-6,14,16H2,1-4H3/b19-13+. The van der Waals surface area contributed by atoms with Gasteiger partial charge in [0, 0.05) is 29.4 Å². The zero-order valence-electron chi connectivity index (χ0n) is 18.4. The zero-order valence-corrected chi connectivity index (χ0v) is 19.2. The maximum absolute atomic E-state index is 12.7. The van der Waals surface area contributed by atoms with Crippen molar-refractivity contribution < 1.29 is 23.7 Å². The summed E-state index contributed by atoms with van der Waals surface area (Å²) in [4.78, 5) is 13.8. The van der Waals surface area contributed by atoms with Crippen LogP contribution in [-0.2, 0) is 27.1 Å². The minimum Gasteiger partial charge on any atom is -0.493 e. The third kappa shape index (κ3) is 5.27. The fourth-order valence-electron chi connectivity index (χ4n) is 3.54. The Morgan fingerprint density at radius 3 is 2.61 bits per heavy atom. The van der Waals surface area contributed by atoms with E-state index in [9.17, 15) is 4.79 Å². The highest BCUT2D eigenvalue weighted by atomic mass is 32.1.